The third kappa shape index (κ3) is 7.58. The molecule has 0 unspecified atom stereocenters. The van der Waals surface area contributed by atoms with Gasteiger partial charge in [-0.3, -0.25) is 0 Å². The summed E-state index contributed by atoms with van der Waals surface area (Å²) in [5.41, 5.74) is 1.97. The molecule has 0 radical (unpaired) electrons. The average Bonchev–Trinajstić information content (AvgIpc) is 2.44. The van der Waals surface area contributed by atoms with Crippen molar-refractivity contribution in [2.75, 3.05) is 6.54 Å². The van der Waals surface area contributed by atoms with Crippen LogP contribution in [0.3, 0.4) is 0 Å². The Morgan fingerprint density at radius 3 is 2.45 bits per heavy atom. The third-order valence-electron chi connectivity index (χ3n) is 3.21. The number of rotatable bonds is 8. The molecule has 1 aromatic rings. The molecule has 4 nitrogen and oxygen atoms in total. The number of nitrogens with one attached hydrogen (secondary N) is 1. The van der Waals surface area contributed by atoms with Crippen LogP contribution in [-0.4, -0.2) is 29.3 Å². The van der Waals surface area contributed by atoms with E-state index in [0.717, 1.165) is 12.5 Å². The molecule has 0 aromatic heterocycles. The fourth-order valence-electron chi connectivity index (χ4n) is 2.14. The summed E-state index contributed by atoms with van der Waals surface area (Å²) >= 11 is 0. The van der Waals surface area contributed by atoms with Gasteiger partial charge in [0.25, 0.3) is 0 Å². The Labute approximate surface area is 135 Å². The summed E-state index contributed by atoms with van der Waals surface area (Å²) in [6.07, 6.45) is 0.484. The summed E-state index contributed by atoms with van der Waals surface area (Å²) in [7, 11) is -3.44. The number of carbonyl (C=O) groups is 1. The second kappa shape index (κ2) is 8.31. The van der Waals surface area contributed by atoms with Gasteiger partial charge in [-0.2, -0.15) is 0 Å². The summed E-state index contributed by atoms with van der Waals surface area (Å²) in [4.78, 5) is 11.7. The van der Waals surface area contributed by atoms with Crippen molar-refractivity contribution in [2.45, 2.75) is 38.7 Å². The first-order valence-electron chi connectivity index (χ1n) is 7.59. The smallest absolute Gasteiger partial charge is 0.412 e. The molecule has 22 heavy (non-hydrogen) atoms. The van der Waals surface area contributed by atoms with Crippen molar-refractivity contribution in [3.8, 4) is 5.75 Å². The van der Waals surface area contributed by atoms with Crippen LogP contribution in [0.5, 0.6) is 5.75 Å². The molecule has 1 aromatic carbocycles. The van der Waals surface area contributed by atoms with E-state index in [9.17, 15) is 4.79 Å². The van der Waals surface area contributed by atoms with Crippen LogP contribution in [0.15, 0.2) is 42.6 Å². The SMILES string of the molecule is C=C[Si](C)(C)O[Si](C)(C)CCCNC(=O)Oc1ccccc1. The Kier molecular flexibility index (Phi) is 7.05. The minimum atomic E-state index is -1.73. The van der Waals surface area contributed by atoms with Crippen molar-refractivity contribution < 1.29 is 13.6 Å². The Morgan fingerprint density at radius 2 is 1.86 bits per heavy atom. The topological polar surface area (TPSA) is 47.6 Å². The quantitative estimate of drug-likeness (QED) is 0.568. The van der Waals surface area contributed by atoms with Gasteiger partial charge in [0.05, 0.1) is 0 Å². The molecule has 0 spiro atoms. The first kappa shape index (κ1) is 18.7. The van der Waals surface area contributed by atoms with Crippen LogP contribution < -0.4 is 10.1 Å². The minimum Gasteiger partial charge on any atom is -0.453 e. The molecule has 0 aliphatic heterocycles. The Morgan fingerprint density at radius 1 is 1.23 bits per heavy atom. The molecule has 1 N–H and O–H groups in total. The van der Waals surface area contributed by atoms with Crippen molar-refractivity contribution >= 4 is 22.7 Å². The van der Waals surface area contributed by atoms with E-state index in [1.54, 1.807) is 12.1 Å². The highest BCUT2D eigenvalue weighted by Crippen LogP contribution is 2.20. The number of benzene rings is 1. The largest absolute Gasteiger partial charge is 0.453 e. The van der Waals surface area contributed by atoms with E-state index in [1.165, 1.54) is 0 Å². The van der Waals surface area contributed by atoms with E-state index in [1.807, 2.05) is 23.9 Å². The average molecular weight is 338 g/mol. The first-order chi connectivity index (χ1) is 10.2. The summed E-state index contributed by atoms with van der Waals surface area (Å²) in [5, 5.41) is 2.78. The van der Waals surface area contributed by atoms with E-state index < -0.39 is 22.7 Å². The van der Waals surface area contributed by atoms with Crippen molar-refractivity contribution in [3.05, 3.63) is 42.6 Å². The van der Waals surface area contributed by atoms with Gasteiger partial charge in [0.2, 0.25) is 0 Å². The Bertz CT molecular complexity index is 489. The lowest BCUT2D eigenvalue weighted by Gasteiger charge is -2.31. The summed E-state index contributed by atoms with van der Waals surface area (Å²) in [6.45, 7) is 13.2. The zero-order chi connectivity index (χ0) is 16.6. The molecule has 0 heterocycles. The highest BCUT2D eigenvalue weighted by Gasteiger charge is 2.30. The fourth-order valence-corrected chi connectivity index (χ4v) is 9.61. The Balaban J connectivity index is 2.27. The van der Waals surface area contributed by atoms with Gasteiger partial charge in [-0.05, 0) is 50.8 Å². The van der Waals surface area contributed by atoms with Crippen LogP contribution in [0.2, 0.25) is 32.2 Å². The van der Waals surface area contributed by atoms with Crippen molar-refractivity contribution in [1.29, 1.82) is 0 Å². The maximum Gasteiger partial charge on any atom is 0.412 e. The number of ether oxygens (including phenoxy) is 1. The molecule has 0 saturated heterocycles. The van der Waals surface area contributed by atoms with Crippen LogP contribution in [-0.2, 0) is 4.12 Å². The van der Waals surface area contributed by atoms with E-state index >= 15 is 0 Å². The van der Waals surface area contributed by atoms with Gasteiger partial charge in [-0.1, -0.05) is 23.9 Å². The molecule has 0 aliphatic carbocycles. The van der Waals surface area contributed by atoms with Crippen LogP contribution in [0, 0.1) is 0 Å². The van der Waals surface area contributed by atoms with Crippen molar-refractivity contribution in [1.82, 2.24) is 5.32 Å². The van der Waals surface area contributed by atoms with E-state index in [4.69, 9.17) is 8.85 Å². The number of hydrogen-bond donors (Lipinski definition) is 1. The second-order valence-corrected chi connectivity index (χ2v) is 14.9. The highest BCUT2D eigenvalue weighted by atomic mass is 28.4. The molecule has 6 heteroatoms. The van der Waals surface area contributed by atoms with Gasteiger partial charge in [0.15, 0.2) is 16.6 Å². The first-order valence-corrected chi connectivity index (χ1v) is 13.7. The molecule has 1 amide bonds. The normalized spacial score (nSPS) is 11.8. The minimum absolute atomic E-state index is 0.410. The predicted molar refractivity (Wildman–Crippen MR) is 96.1 cm³/mol. The summed E-state index contributed by atoms with van der Waals surface area (Å²) in [6, 6.07) is 10.1. The molecule has 1 rings (SSSR count). The van der Waals surface area contributed by atoms with E-state index in [-0.39, 0.29) is 0 Å². The van der Waals surface area contributed by atoms with Gasteiger partial charge in [0, 0.05) is 6.54 Å². The second-order valence-electron chi connectivity index (χ2n) is 6.40. The number of amides is 1. The zero-order valence-electron chi connectivity index (χ0n) is 14.0. The van der Waals surface area contributed by atoms with Crippen LogP contribution in [0.4, 0.5) is 4.79 Å². The number of para-hydroxylation sites is 1. The maximum atomic E-state index is 11.7. The van der Waals surface area contributed by atoms with E-state index in [2.05, 4.69) is 38.1 Å². The van der Waals surface area contributed by atoms with Crippen molar-refractivity contribution in [3.63, 3.8) is 0 Å². The molecule has 0 bridgehead atoms. The molecule has 0 aliphatic rings. The molecule has 122 valence electrons. The maximum absolute atomic E-state index is 11.7. The standard InChI is InChI=1S/C16H27NO3Si2/c1-6-21(2,3)20-22(4,5)14-10-13-17-16(18)19-15-11-8-7-9-12-15/h6-9,11-12H,1,10,13-14H2,2-5H3,(H,17,18). The van der Waals surface area contributed by atoms with Gasteiger partial charge < -0.3 is 14.2 Å². The van der Waals surface area contributed by atoms with Gasteiger partial charge in [-0.15, -0.1) is 6.58 Å². The third-order valence-corrected chi connectivity index (χ3v) is 10.1. The molecular formula is C16H27NO3Si2. The summed E-state index contributed by atoms with van der Waals surface area (Å²) in [5.74, 6) is 0.553. The van der Waals surface area contributed by atoms with Crippen molar-refractivity contribution in [2.24, 2.45) is 0 Å². The van der Waals surface area contributed by atoms with Crippen LogP contribution in [0.1, 0.15) is 6.42 Å². The fraction of sp³-hybridized carbons (Fsp3) is 0.438. The lowest BCUT2D eigenvalue weighted by molar-refractivity contribution is 0.200. The van der Waals surface area contributed by atoms with Crippen LogP contribution >= 0.6 is 0 Å². The van der Waals surface area contributed by atoms with E-state index in [0.29, 0.717) is 12.3 Å². The van der Waals surface area contributed by atoms with Crippen LogP contribution in [0.25, 0.3) is 0 Å². The molecule has 0 fully saturated rings. The van der Waals surface area contributed by atoms with Gasteiger partial charge >= 0.3 is 6.09 Å². The number of carbonyl (C=O) groups excluding carboxylic acids is 1. The highest BCUT2D eigenvalue weighted by molar-refractivity contribution is 6.87. The molecule has 0 atom stereocenters. The molecule has 0 saturated carbocycles. The summed E-state index contributed by atoms with van der Waals surface area (Å²) < 4.78 is 11.5. The van der Waals surface area contributed by atoms with Gasteiger partial charge in [0.1, 0.15) is 5.75 Å². The monoisotopic (exact) mass is 337 g/mol. The zero-order valence-corrected chi connectivity index (χ0v) is 16.0. The molecular weight excluding hydrogens is 310 g/mol. The Hall–Kier alpha value is -1.38. The lowest BCUT2D eigenvalue weighted by atomic mass is 10.3. The predicted octanol–water partition coefficient (Wildman–Crippen LogP) is 4.32. The number of hydrogen-bond acceptors (Lipinski definition) is 3. The van der Waals surface area contributed by atoms with Gasteiger partial charge in [-0.25, -0.2) is 4.79 Å². The lowest BCUT2D eigenvalue weighted by Crippen LogP contribution is -2.43.